The number of piperidine rings is 1. The monoisotopic (exact) mass is 416 g/mol. The van der Waals surface area contributed by atoms with Crippen molar-refractivity contribution in [2.24, 2.45) is 4.99 Å². The number of halogens is 2. The summed E-state index contributed by atoms with van der Waals surface area (Å²) in [5, 5.41) is 6.47. The Morgan fingerprint density at radius 1 is 1.25 bits per heavy atom. The Hall–Kier alpha value is -1.74. The quantitative estimate of drug-likeness (QED) is 0.504. The summed E-state index contributed by atoms with van der Waals surface area (Å²) in [4.78, 5) is 4.44. The first kappa shape index (κ1) is 22.5. The van der Waals surface area contributed by atoms with Crippen LogP contribution in [-0.2, 0) is 16.4 Å². The van der Waals surface area contributed by atoms with Gasteiger partial charge in [0.15, 0.2) is 17.6 Å². The molecule has 1 aromatic rings. The van der Waals surface area contributed by atoms with E-state index < -0.39 is 21.7 Å². The van der Waals surface area contributed by atoms with Gasteiger partial charge in [0, 0.05) is 32.2 Å². The van der Waals surface area contributed by atoms with Gasteiger partial charge in [0.2, 0.25) is 10.0 Å². The van der Waals surface area contributed by atoms with Crippen LogP contribution in [0.15, 0.2) is 23.2 Å². The minimum Gasteiger partial charge on any atom is -0.357 e. The van der Waals surface area contributed by atoms with E-state index in [9.17, 15) is 17.2 Å². The lowest BCUT2D eigenvalue weighted by atomic mass is 10.1. The molecule has 1 fully saturated rings. The van der Waals surface area contributed by atoms with Crippen molar-refractivity contribution in [3.05, 3.63) is 35.4 Å². The van der Waals surface area contributed by atoms with Crippen molar-refractivity contribution in [2.45, 2.75) is 45.6 Å². The second kappa shape index (κ2) is 10.7. The fourth-order valence-electron chi connectivity index (χ4n) is 3.21. The van der Waals surface area contributed by atoms with Gasteiger partial charge in [0.05, 0.1) is 5.75 Å². The highest BCUT2D eigenvalue weighted by atomic mass is 32.2. The molecule has 9 heteroatoms. The third kappa shape index (κ3) is 6.41. The largest absolute Gasteiger partial charge is 0.357 e. The normalized spacial score (nSPS) is 16.9. The van der Waals surface area contributed by atoms with E-state index in [-0.39, 0.29) is 11.8 Å². The Kier molecular flexibility index (Phi) is 8.62. The third-order valence-electron chi connectivity index (χ3n) is 4.68. The molecule has 0 radical (unpaired) electrons. The van der Waals surface area contributed by atoms with Crippen molar-refractivity contribution < 1.29 is 17.2 Å². The number of nitrogens with zero attached hydrogens (tertiary/aromatic N) is 2. The molecule has 158 valence electrons. The molecule has 1 aromatic carbocycles. The molecule has 0 bridgehead atoms. The Bertz CT molecular complexity index is 763. The topological polar surface area (TPSA) is 73.8 Å². The number of hydrogen-bond donors (Lipinski definition) is 2. The molecule has 1 heterocycles. The SMILES string of the molecule is CCCS(=O)(=O)N1CCC(NC(=NCCc2cccc(F)c2F)NCC)CC1. The maximum absolute atomic E-state index is 13.7. The molecule has 28 heavy (non-hydrogen) atoms. The van der Waals surface area contributed by atoms with Gasteiger partial charge in [-0.25, -0.2) is 21.5 Å². The molecule has 0 spiro atoms. The Morgan fingerprint density at radius 3 is 2.61 bits per heavy atom. The molecule has 0 aromatic heterocycles. The average Bonchev–Trinajstić information content (AvgIpc) is 2.66. The van der Waals surface area contributed by atoms with Crippen molar-refractivity contribution in [3.8, 4) is 0 Å². The van der Waals surface area contributed by atoms with Crippen LogP contribution in [0.4, 0.5) is 8.78 Å². The van der Waals surface area contributed by atoms with Crippen molar-refractivity contribution in [1.29, 1.82) is 0 Å². The maximum Gasteiger partial charge on any atom is 0.214 e. The molecule has 2 rings (SSSR count). The molecule has 6 nitrogen and oxygen atoms in total. The van der Waals surface area contributed by atoms with Crippen LogP contribution in [0.2, 0.25) is 0 Å². The zero-order chi connectivity index (χ0) is 20.6. The number of hydrogen-bond acceptors (Lipinski definition) is 3. The first-order chi connectivity index (χ1) is 13.4. The highest BCUT2D eigenvalue weighted by Crippen LogP contribution is 2.15. The highest BCUT2D eigenvalue weighted by Gasteiger charge is 2.27. The summed E-state index contributed by atoms with van der Waals surface area (Å²) in [5.74, 6) is -0.881. The van der Waals surface area contributed by atoms with E-state index in [1.807, 2.05) is 13.8 Å². The molecule has 0 atom stereocenters. The molecule has 0 aliphatic carbocycles. The molecule has 2 N–H and O–H groups in total. The zero-order valence-electron chi connectivity index (χ0n) is 16.5. The van der Waals surface area contributed by atoms with Crippen molar-refractivity contribution in [3.63, 3.8) is 0 Å². The Morgan fingerprint density at radius 2 is 1.96 bits per heavy atom. The second-order valence-corrected chi connectivity index (χ2v) is 8.95. The number of rotatable bonds is 8. The number of nitrogens with one attached hydrogen (secondary N) is 2. The van der Waals surface area contributed by atoms with Gasteiger partial charge in [-0.05, 0) is 44.2 Å². The number of aliphatic imine (C=N–C) groups is 1. The summed E-state index contributed by atoms with van der Waals surface area (Å²) in [6, 6.07) is 4.26. The van der Waals surface area contributed by atoms with Gasteiger partial charge in [-0.3, -0.25) is 4.99 Å². The summed E-state index contributed by atoms with van der Waals surface area (Å²) >= 11 is 0. The summed E-state index contributed by atoms with van der Waals surface area (Å²) in [7, 11) is -3.15. The van der Waals surface area contributed by atoms with E-state index in [2.05, 4.69) is 15.6 Å². The summed E-state index contributed by atoms with van der Waals surface area (Å²) in [6.45, 7) is 5.79. The van der Waals surface area contributed by atoms with Gasteiger partial charge in [0.1, 0.15) is 0 Å². The molecular weight excluding hydrogens is 386 g/mol. The van der Waals surface area contributed by atoms with E-state index in [1.165, 1.54) is 6.07 Å². The van der Waals surface area contributed by atoms with Crippen LogP contribution in [0.25, 0.3) is 0 Å². The van der Waals surface area contributed by atoms with Gasteiger partial charge >= 0.3 is 0 Å². The number of benzene rings is 1. The zero-order valence-corrected chi connectivity index (χ0v) is 17.4. The standard InChI is InChI=1S/C19H30F2N4O2S/c1-3-14-28(26,27)25-12-9-16(10-13-25)24-19(22-4-2)23-11-8-15-6-5-7-17(20)18(15)21/h5-7,16H,3-4,8-14H2,1-2H3,(H2,22,23,24). The lowest BCUT2D eigenvalue weighted by molar-refractivity contribution is 0.306. The fraction of sp³-hybridized carbons (Fsp3) is 0.632. The Labute approximate surface area is 166 Å². The summed E-state index contributed by atoms with van der Waals surface area (Å²) in [5.41, 5.74) is 0.300. The van der Waals surface area contributed by atoms with Crippen molar-refractivity contribution in [2.75, 3.05) is 31.9 Å². The molecular formula is C19H30F2N4O2S. The van der Waals surface area contributed by atoms with Crippen LogP contribution in [0, 0.1) is 11.6 Å². The smallest absolute Gasteiger partial charge is 0.214 e. The van der Waals surface area contributed by atoms with Gasteiger partial charge in [-0.1, -0.05) is 19.1 Å². The third-order valence-corrected chi connectivity index (χ3v) is 6.75. The first-order valence-corrected chi connectivity index (χ1v) is 11.4. The Balaban J connectivity index is 1.89. The van der Waals surface area contributed by atoms with Gasteiger partial charge in [0.25, 0.3) is 0 Å². The van der Waals surface area contributed by atoms with Crippen LogP contribution in [0.3, 0.4) is 0 Å². The average molecular weight is 417 g/mol. The van der Waals surface area contributed by atoms with Crippen molar-refractivity contribution >= 4 is 16.0 Å². The van der Waals surface area contributed by atoms with Crippen LogP contribution in [0.5, 0.6) is 0 Å². The molecule has 0 saturated carbocycles. The lowest BCUT2D eigenvalue weighted by Crippen LogP contribution is -2.50. The van der Waals surface area contributed by atoms with E-state index >= 15 is 0 Å². The van der Waals surface area contributed by atoms with E-state index in [0.29, 0.717) is 63.4 Å². The van der Waals surface area contributed by atoms with Crippen LogP contribution in [-0.4, -0.2) is 56.7 Å². The summed E-state index contributed by atoms with van der Waals surface area (Å²) < 4.78 is 52.9. The van der Waals surface area contributed by atoms with Gasteiger partial charge < -0.3 is 10.6 Å². The lowest BCUT2D eigenvalue weighted by Gasteiger charge is -2.32. The fourth-order valence-corrected chi connectivity index (χ4v) is 4.75. The van der Waals surface area contributed by atoms with Crippen molar-refractivity contribution in [1.82, 2.24) is 14.9 Å². The molecule has 1 saturated heterocycles. The second-order valence-electron chi connectivity index (χ2n) is 6.86. The number of sulfonamides is 1. The van der Waals surface area contributed by atoms with Crippen LogP contribution >= 0.6 is 0 Å². The maximum atomic E-state index is 13.7. The molecule has 1 aliphatic heterocycles. The molecule has 0 amide bonds. The number of guanidine groups is 1. The van der Waals surface area contributed by atoms with E-state index in [1.54, 1.807) is 10.4 Å². The van der Waals surface area contributed by atoms with Crippen LogP contribution < -0.4 is 10.6 Å². The minimum absolute atomic E-state index is 0.122. The first-order valence-electron chi connectivity index (χ1n) is 9.83. The predicted octanol–water partition coefficient (Wildman–Crippen LogP) is 2.27. The minimum atomic E-state index is -3.15. The predicted molar refractivity (Wildman–Crippen MR) is 108 cm³/mol. The molecule has 1 aliphatic rings. The van der Waals surface area contributed by atoms with E-state index in [0.717, 1.165) is 6.07 Å². The highest BCUT2D eigenvalue weighted by molar-refractivity contribution is 7.89. The van der Waals surface area contributed by atoms with Crippen LogP contribution in [0.1, 0.15) is 38.7 Å². The molecule has 0 unspecified atom stereocenters. The van der Waals surface area contributed by atoms with Gasteiger partial charge in [-0.2, -0.15) is 0 Å². The van der Waals surface area contributed by atoms with Gasteiger partial charge in [-0.15, -0.1) is 0 Å². The van der Waals surface area contributed by atoms with E-state index in [4.69, 9.17) is 0 Å². The summed E-state index contributed by atoms with van der Waals surface area (Å²) in [6.07, 6.45) is 2.31.